The second-order valence-corrected chi connectivity index (χ2v) is 4.47. The maximum Gasteiger partial charge on any atom is 0.315 e. The fourth-order valence-corrected chi connectivity index (χ4v) is 1.85. The molecule has 5 nitrogen and oxygen atoms in total. The minimum absolute atomic E-state index is 0.00114. The van der Waals surface area contributed by atoms with Crippen molar-refractivity contribution in [2.24, 2.45) is 0 Å². The Morgan fingerprint density at radius 1 is 1.29 bits per heavy atom. The van der Waals surface area contributed by atoms with Gasteiger partial charge in [-0.25, -0.2) is 4.79 Å². The van der Waals surface area contributed by atoms with Gasteiger partial charge in [0.25, 0.3) is 0 Å². The van der Waals surface area contributed by atoms with Crippen molar-refractivity contribution in [3.63, 3.8) is 0 Å². The lowest BCUT2D eigenvalue weighted by molar-refractivity contribution is -0.137. The van der Waals surface area contributed by atoms with Gasteiger partial charge in [-0.05, 0) is 18.9 Å². The molecule has 0 radical (unpaired) electrons. The van der Waals surface area contributed by atoms with Crippen LogP contribution < -0.4 is 10.6 Å². The van der Waals surface area contributed by atoms with Crippen LogP contribution in [-0.2, 0) is 4.79 Å². The molecule has 0 saturated carbocycles. The molecular weight excluding hydrogens is 268 g/mol. The fraction of sp³-hybridized carbons (Fsp3) is 0.375. The first kappa shape index (κ1) is 16.6. The van der Waals surface area contributed by atoms with Crippen LogP contribution in [0.2, 0.25) is 0 Å². The van der Waals surface area contributed by atoms with Crippen LogP contribution >= 0.6 is 0 Å². The Morgan fingerprint density at radius 3 is 2.62 bits per heavy atom. The van der Waals surface area contributed by atoms with Crippen LogP contribution in [0.15, 0.2) is 30.3 Å². The van der Waals surface area contributed by atoms with Crippen LogP contribution in [0.3, 0.4) is 0 Å². The van der Waals surface area contributed by atoms with Gasteiger partial charge in [0, 0.05) is 19.4 Å². The van der Waals surface area contributed by atoms with Crippen molar-refractivity contribution in [1.29, 1.82) is 0 Å². The smallest absolute Gasteiger partial charge is 0.315 e. The maximum atomic E-state index is 11.8. The van der Waals surface area contributed by atoms with E-state index in [1.54, 1.807) is 6.92 Å². The van der Waals surface area contributed by atoms with E-state index in [1.165, 1.54) is 0 Å². The number of nitrogens with one attached hydrogen (secondary N) is 2. The van der Waals surface area contributed by atoms with Gasteiger partial charge in [0.1, 0.15) is 0 Å². The Morgan fingerprint density at radius 2 is 2.00 bits per heavy atom. The van der Waals surface area contributed by atoms with Gasteiger partial charge in [-0.15, -0.1) is 11.8 Å². The number of rotatable bonds is 7. The van der Waals surface area contributed by atoms with Crippen LogP contribution in [0.1, 0.15) is 37.8 Å². The minimum atomic E-state index is -0.878. The van der Waals surface area contributed by atoms with Crippen molar-refractivity contribution in [2.45, 2.75) is 32.2 Å². The lowest BCUT2D eigenvalue weighted by atomic mass is 10.0. The van der Waals surface area contributed by atoms with E-state index < -0.39 is 5.97 Å². The number of carbonyl (C=O) groups is 2. The van der Waals surface area contributed by atoms with Crippen molar-refractivity contribution in [1.82, 2.24) is 10.6 Å². The van der Waals surface area contributed by atoms with Crippen LogP contribution in [-0.4, -0.2) is 23.7 Å². The zero-order valence-electron chi connectivity index (χ0n) is 12.1. The summed E-state index contributed by atoms with van der Waals surface area (Å²) < 4.78 is 0. The van der Waals surface area contributed by atoms with E-state index in [1.807, 2.05) is 30.3 Å². The normalized spacial score (nSPS) is 10.9. The number of benzene rings is 1. The Balaban J connectivity index is 2.57. The third-order valence-corrected chi connectivity index (χ3v) is 2.87. The zero-order chi connectivity index (χ0) is 15.5. The molecular formula is C16H20N2O3. The summed E-state index contributed by atoms with van der Waals surface area (Å²) in [5.74, 6) is 4.73. The first-order chi connectivity index (χ1) is 10.1. The number of hydrogen-bond acceptors (Lipinski definition) is 2. The largest absolute Gasteiger partial charge is 0.481 e. The molecule has 0 heterocycles. The minimum Gasteiger partial charge on any atom is -0.481 e. The highest BCUT2D eigenvalue weighted by Gasteiger charge is 2.15. The number of hydrogen-bond donors (Lipinski definition) is 3. The van der Waals surface area contributed by atoms with E-state index in [-0.39, 0.29) is 18.5 Å². The topological polar surface area (TPSA) is 78.4 Å². The molecule has 1 unspecified atom stereocenters. The number of carbonyl (C=O) groups excluding carboxylic acids is 1. The summed E-state index contributed by atoms with van der Waals surface area (Å²) in [4.78, 5) is 22.5. The standard InChI is InChI=1S/C16H20N2O3/c1-2-3-7-12-17-16(21)18-14(10-11-15(19)20)13-8-5-4-6-9-13/h4-6,8-9,14H,7,10-12H2,1H3,(H,19,20)(H2,17,18,21). The molecule has 0 aromatic heterocycles. The second kappa shape index (κ2) is 9.43. The Kier molecular flexibility index (Phi) is 7.44. The predicted molar refractivity (Wildman–Crippen MR) is 80.7 cm³/mol. The number of carboxylic acid groups (broad SMARTS) is 1. The van der Waals surface area contributed by atoms with Gasteiger partial charge in [0.05, 0.1) is 6.04 Å². The van der Waals surface area contributed by atoms with Crippen molar-refractivity contribution < 1.29 is 14.7 Å². The predicted octanol–water partition coefficient (Wildman–Crippen LogP) is 2.31. The summed E-state index contributed by atoms with van der Waals surface area (Å²) >= 11 is 0. The highest BCUT2D eigenvalue weighted by Crippen LogP contribution is 2.18. The van der Waals surface area contributed by atoms with E-state index in [0.717, 1.165) is 5.56 Å². The number of amides is 2. The quantitative estimate of drug-likeness (QED) is 0.532. The van der Waals surface area contributed by atoms with Gasteiger partial charge in [-0.1, -0.05) is 30.3 Å². The van der Waals surface area contributed by atoms with Crippen molar-refractivity contribution >= 4 is 12.0 Å². The maximum absolute atomic E-state index is 11.8. The third kappa shape index (κ3) is 7.02. The molecule has 0 aliphatic carbocycles. The SMILES string of the molecule is CC#CCCNC(=O)NC(CCC(=O)O)c1ccccc1. The highest BCUT2D eigenvalue weighted by molar-refractivity contribution is 5.74. The molecule has 0 aliphatic rings. The molecule has 1 rings (SSSR count). The fourth-order valence-electron chi connectivity index (χ4n) is 1.85. The summed E-state index contributed by atoms with van der Waals surface area (Å²) in [6, 6.07) is 8.71. The van der Waals surface area contributed by atoms with Gasteiger partial charge >= 0.3 is 12.0 Å². The highest BCUT2D eigenvalue weighted by atomic mass is 16.4. The molecule has 1 aromatic carbocycles. The second-order valence-electron chi connectivity index (χ2n) is 4.47. The van der Waals surface area contributed by atoms with Crippen LogP contribution in [0.4, 0.5) is 4.79 Å². The van der Waals surface area contributed by atoms with E-state index >= 15 is 0 Å². The molecule has 1 atom stereocenters. The van der Waals surface area contributed by atoms with Crippen LogP contribution in [0, 0.1) is 11.8 Å². The summed E-state index contributed by atoms with van der Waals surface area (Å²) in [6.45, 7) is 2.21. The summed E-state index contributed by atoms with van der Waals surface area (Å²) in [7, 11) is 0. The molecule has 3 N–H and O–H groups in total. The molecule has 5 heteroatoms. The molecule has 0 spiro atoms. The molecule has 0 saturated heterocycles. The number of carboxylic acids is 1. The van der Waals surface area contributed by atoms with Crippen LogP contribution in [0.25, 0.3) is 0 Å². The molecule has 2 amide bonds. The molecule has 0 bridgehead atoms. The Bertz CT molecular complexity index is 517. The first-order valence-corrected chi connectivity index (χ1v) is 6.84. The molecule has 112 valence electrons. The molecule has 0 aliphatic heterocycles. The van der Waals surface area contributed by atoms with Gasteiger partial charge in [-0.2, -0.15) is 0 Å². The van der Waals surface area contributed by atoms with E-state index in [9.17, 15) is 9.59 Å². The lowest BCUT2D eigenvalue weighted by Crippen LogP contribution is -2.38. The molecule has 21 heavy (non-hydrogen) atoms. The van der Waals surface area contributed by atoms with Gasteiger partial charge in [0.2, 0.25) is 0 Å². The van der Waals surface area contributed by atoms with Gasteiger partial charge in [-0.3, -0.25) is 4.79 Å². The average molecular weight is 288 g/mol. The van der Waals surface area contributed by atoms with E-state index in [0.29, 0.717) is 19.4 Å². The van der Waals surface area contributed by atoms with E-state index in [4.69, 9.17) is 5.11 Å². The van der Waals surface area contributed by atoms with Gasteiger partial charge in [0.15, 0.2) is 0 Å². The zero-order valence-corrected chi connectivity index (χ0v) is 12.1. The third-order valence-electron chi connectivity index (χ3n) is 2.87. The Hall–Kier alpha value is -2.48. The van der Waals surface area contributed by atoms with Gasteiger partial charge < -0.3 is 15.7 Å². The monoisotopic (exact) mass is 288 g/mol. The lowest BCUT2D eigenvalue weighted by Gasteiger charge is -2.18. The number of urea groups is 1. The molecule has 0 fully saturated rings. The van der Waals surface area contributed by atoms with Crippen molar-refractivity contribution in [2.75, 3.05) is 6.54 Å². The first-order valence-electron chi connectivity index (χ1n) is 6.84. The number of aliphatic carboxylic acids is 1. The Labute approximate surface area is 124 Å². The average Bonchev–Trinajstić information content (AvgIpc) is 2.48. The summed E-state index contributed by atoms with van der Waals surface area (Å²) in [5.41, 5.74) is 0.891. The van der Waals surface area contributed by atoms with Crippen molar-refractivity contribution in [3.8, 4) is 11.8 Å². The summed E-state index contributed by atoms with van der Waals surface area (Å²) in [5, 5.41) is 14.3. The van der Waals surface area contributed by atoms with Crippen molar-refractivity contribution in [3.05, 3.63) is 35.9 Å². The summed E-state index contributed by atoms with van der Waals surface area (Å²) in [6.07, 6.45) is 0.942. The molecule has 1 aromatic rings. The van der Waals surface area contributed by atoms with Crippen LogP contribution in [0.5, 0.6) is 0 Å². The van der Waals surface area contributed by atoms with E-state index in [2.05, 4.69) is 22.5 Å².